The van der Waals surface area contributed by atoms with Gasteiger partial charge in [0.15, 0.2) is 0 Å². The van der Waals surface area contributed by atoms with Gasteiger partial charge in [-0.15, -0.1) is 0 Å². The number of hydrogen-bond acceptors (Lipinski definition) is 2. The van der Waals surface area contributed by atoms with Crippen LogP contribution in [0.25, 0.3) is 0 Å². The van der Waals surface area contributed by atoms with Crippen LogP contribution in [0.3, 0.4) is 0 Å². The molecule has 2 unspecified atom stereocenters. The fraction of sp³-hybridized carbons (Fsp3) is 0.250. The number of fused-ring (bicyclic) bond motifs is 1. The lowest BCUT2D eigenvalue weighted by Gasteiger charge is -2.32. The summed E-state index contributed by atoms with van der Waals surface area (Å²) < 4.78 is 33.6. The van der Waals surface area contributed by atoms with Crippen molar-refractivity contribution < 1.29 is 13.5 Å². The Morgan fingerprint density at radius 1 is 1.14 bits per heavy atom. The summed E-state index contributed by atoms with van der Waals surface area (Å²) in [5.74, 6) is -0.450. The van der Waals surface area contributed by atoms with Crippen molar-refractivity contribution in [2.45, 2.75) is 18.6 Å². The van der Waals surface area contributed by atoms with Gasteiger partial charge in [-0.05, 0) is 36.9 Å². The first-order valence-corrected chi connectivity index (χ1v) is 7.45. The van der Waals surface area contributed by atoms with Gasteiger partial charge in [-0.3, -0.25) is 0 Å². The van der Waals surface area contributed by atoms with E-state index in [-0.39, 0.29) is 12.1 Å². The first-order valence-electron chi connectivity index (χ1n) is 6.66. The third-order valence-corrected chi connectivity index (χ3v) is 4.17. The Hall–Kier alpha value is -1.46. The minimum absolute atomic E-state index is 0.0816. The van der Waals surface area contributed by atoms with Gasteiger partial charge in [-0.25, -0.2) is 8.78 Å². The molecule has 0 fully saturated rings. The first-order chi connectivity index (χ1) is 10.1. The normalized spacial score (nSPS) is 20.8. The van der Waals surface area contributed by atoms with E-state index in [1.54, 1.807) is 0 Å². The Bertz CT molecular complexity index is 657. The van der Waals surface area contributed by atoms with Crippen molar-refractivity contribution in [3.63, 3.8) is 0 Å². The van der Waals surface area contributed by atoms with Gasteiger partial charge in [-0.2, -0.15) is 0 Å². The lowest BCUT2D eigenvalue weighted by Crippen LogP contribution is -2.26. The van der Waals surface area contributed by atoms with Gasteiger partial charge in [0.25, 0.3) is 0 Å². The van der Waals surface area contributed by atoms with E-state index in [4.69, 9.17) is 4.74 Å². The molecular formula is C16H14BrF2NO. The summed E-state index contributed by atoms with van der Waals surface area (Å²) in [7, 11) is 1.87. The van der Waals surface area contributed by atoms with Crippen LogP contribution in [-0.2, 0) is 0 Å². The largest absolute Gasteiger partial charge is 0.485 e. The van der Waals surface area contributed by atoms with E-state index in [1.807, 2.05) is 25.2 Å². The molecule has 0 aromatic heterocycles. The van der Waals surface area contributed by atoms with Gasteiger partial charge in [0.05, 0.1) is 0 Å². The molecule has 0 saturated heterocycles. The van der Waals surface area contributed by atoms with Gasteiger partial charge in [0.1, 0.15) is 23.5 Å². The van der Waals surface area contributed by atoms with E-state index in [9.17, 15) is 8.78 Å². The smallest absolute Gasteiger partial charge is 0.126 e. The highest BCUT2D eigenvalue weighted by atomic mass is 79.9. The van der Waals surface area contributed by atoms with Crippen molar-refractivity contribution >= 4 is 15.9 Å². The van der Waals surface area contributed by atoms with Crippen LogP contribution in [-0.4, -0.2) is 7.05 Å². The second-order valence-corrected chi connectivity index (χ2v) is 5.98. The molecule has 2 atom stereocenters. The van der Waals surface area contributed by atoms with E-state index in [2.05, 4.69) is 21.2 Å². The Morgan fingerprint density at radius 3 is 2.52 bits per heavy atom. The molecule has 5 heteroatoms. The zero-order valence-electron chi connectivity index (χ0n) is 11.4. The second kappa shape index (κ2) is 5.73. The van der Waals surface area contributed by atoms with Crippen LogP contribution in [0.2, 0.25) is 0 Å². The van der Waals surface area contributed by atoms with Gasteiger partial charge < -0.3 is 10.1 Å². The summed E-state index contributed by atoms with van der Waals surface area (Å²) >= 11 is 3.41. The number of ether oxygens (including phenoxy) is 1. The predicted molar refractivity (Wildman–Crippen MR) is 80.3 cm³/mol. The summed E-state index contributed by atoms with van der Waals surface area (Å²) in [6.45, 7) is 0. The van der Waals surface area contributed by atoms with Crippen molar-refractivity contribution in [1.29, 1.82) is 0 Å². The van der Waals surface area contributed by atoms with Crippen LogP contribution in [0.1, 0.15) is 29.7 Å². The molecule has 0 bridgehead atoms. The topological polar surface area (TPSA) is 21.3 Å². The standard InChI is InChI=1S/C16H14BrF2NO/c1-20-14-8-15(9-4-11(18)7-12(19)5-9)21-16-6-10(17)2-3-13(14)16/h2-7,14-15,20H,8H2,1H3. The molecular weight excluding hydrogens is 340 g/mol. The van der Waals surface area contributed by atoms with Gasteiger partial charge in [-0.1, -0.05) is 22.0 Å². The highest BCUT2D eigenvalue weighted by Crippen LogP contribution is 2.41. The maximum absolute atomic E-state index is 13.4. The lowest BCUT2D eigenvalue weighted by atomic mass is 9.93. The Balaban J connectivity index is 1.99. The Morgan fingerprint density at radius 2 is 1.86 bits per heavy atom. The number of halogens is 3. The summed E-state index contributed by atoms with van der Waals surface area (Å²) in [5.41, 5.74) is 1.56. The van der Waals surface area contributed by atoms with Crippen LogP contribution in [0.4, 0.5) is 8.78 Å². The third-order valence-electron chi connectivity index (χ3n) is 3.68. The van der Waals surface area contributed by atoms with E-state index >= 15 is 0 Å². The maximum Gasteiger partial charge on any atom is 0.126 e. The molecule has 0 radical (unpaired) electrons. The molecule has 21 heavy (non-hydrogen) atoms. The Kier molecular flexibility index (Phi) is 3.95. The molecule has 0 saturated carbocycles. The maximum atomic E-state index is 13.4. The minimum atomic E-state index is -0.588. The van der Waals surface area contributed by atoms with Crippen molar-refractivity contribution in [1.82, 2.24) is 5.32 Å². The molecule has 1 aliphatic rings. The number of benzene rings is 2. The van der Waals surface area contributed by atoms with Gasteiger partial charge in [0.2, 0.25) is 0 Å². The molecule has 1 aliphatic heterocycles. The summed E-state index contributed by atoms with van der Waals surface area (Å²) in [5, 5.41) is 3.23. The van der Waals surface area contributed by atoms with Gasteiger partial charge in [0, 0.05) is 28.6 Å². The zero-order valence-corrected chi connectivity index (χ0v) is 13.0. The highest BCUT2D eigenvalue weighted by Gasteiger charge is 2.29. The SMILES string of the molecule is CNC1CC(c2cc(F)cc(F)c2)Oc2cc(Br)ccc21. The third kappa shape index (κ3) is 2.94. The molecule has 1 N–H and O–H groups in total. The van der Waals surface area contributed by atoms with E-state index in [0.717, 1.165) is 21.9 Å². The fourth-order valence-corrected chi connectivity index (χ4v) is 3.02. The molecule has 2 aromatic rings. The van der Waals surface area contributed by atoms with E-state index < -0.39 is 11.6 Å². The second-order valence-electron chi connectivity index (χ2n) is 5.07. The lowest BCUT2D eigenvalue weighted by molar-refractivity contribution is 0.153. The van der Waals surface area contributed by atoms with E-state index in [1.165, 1.54) is 12.1 Å². The molecule has 3 rings (SSSR count). The molecule has 2 nitrogen and oxygen atoms in total. The predicted octanol–water partition coefficient (Wildman–Crippen LogP) is 4.51. The Labute approximate surface area is 130 Å². The summed E-state index contributed by atoms with van der Waals surface area (Å²) in [6.07, 6.45) is 0.239. The van der Waals surface area contributed by atoms with Crippen molar-refractivity contribution in [3.05, 3.63) is 63.6 Å². The van der Waals surface area contributed by atoms with Gasteiger partial charge >= 0.3 is 0 Å². The molecule has 0 spiro atoms. The minimum Gasteiger partial charge on any atom is -0.485 e. The van der Waals surface area contributed by atoms with Crippen LogP contribution >= 0.6 is 15.9 Å². The van der Waals surface area contributed by atoms with E-state index in [0.29, 0.717) is 12.0 Å². The number of hydrogen-bond donors (Lipinski definition) is 1. The van der Waals surface area contributed by atoms with Crippen LogP contribution in [0, 0.1) is 11.6 Å². The van der Waals surface area contributed by atoms with Crippen LogP contribution < -0.4 is 10.1 Å². The molecule has 1 heterocycles. The van der Waals surface area contributed by atoms with Crippen molar-refractivity contribution in [2.75, 3.05) is 7.05 Å². The average molecular weight is 354 g/mol. The monoisotopic (exact) mass is 353 g/mol. The molecule has 2 aromatic carbocycles. The number of rotatable bonds is 2. The number of nitrogens with one attached hydrogen (secondary N) is 1. The summed E-state index contributed by atoms with van der Waals surface area (Å²) in [6, 6.07) is 9.41. The van der Waals surface area contributed by atoms with Crippen molar-refractivity contribution in [3.8, 4) is 5.75 Å². The van der Waals surface area contributed by atoms with Crippen molar-refractivity contribution in [2.24, 2.45) is 0 Å². The highest BCUT2D eigenvalue weighted by molar-refractivity contribution is 9.10. The van der Waals surface area contributed by atoms with Crippen LogP contribution in [0.15, 0.2) is 40.9 Å². The molecule has 0 amide bonds. The molecule has 110 valence electrons. The first kappa shape index (κ1) is 14.5. The summed E-state index contributed by atoms with van der Waals surface area (Å²) in [4.78, 5) is 0. The average Bonchev–Trinajstić information content (AvgIpc) is 2.44. The molecule has 0 aliphatic carbocycles. The quantitative estimate of drug-likeness (QED) is 0.857. The zero-order chi connectivity index (χ0) is 15.0. The fourth-order valence-electron chi connectivity index (χ4n) is 2.68. The van der Waals surface area contributed by atoms with Crippen LogP contribution in [0.5, 0.6) is 5.75 Å².